The van der Waals surface area contributed by atoms with Crippen LogP contribution in [0.5, 0.6) is 0 Å². The summed E-state index contributed by atoms with van der Waals surface area (Å²) in [6, 6.07) is 1.46. The molecule has 1 saturated carbocycles. The average Bonchev–Trinajstić information content (AvgIpc) is 2.28. The smallest absolute Gasteiger partial charge is 0.0565 e. The van der Waals surface area contributed by atoms with E-state index in [-0.39, 0.29) is 0 Å². The summed E-state index contributed by atoms with van der Waals surface area (Å²) in [6.45, 7) is 6.77. The Balaban J connectivity index is 1.85. The summed E-state index contributed by atoms with van der Waals surface area (Å²) in [5.74, 6) is 0.914. The molecule has 1 heterocycles. The number of rotatable bonds is 3. The maximum absolute atomic E-state index is 5.82. The summed E-state index contributed by atoms with van der Waals surface area (Å²) >= 11 is 0. The maximum atomic E-state index is 5.82. The highest BCUT2D eigenvalue weighted by atomic mass is 16.5. The van der Waals surface area contributed by atoms with Gasteiger partial charge in [0.1, 0.15) is 0 Å². The minimum Gasteiger partial charge on any atom is -0.375 e. The number of ether oxygens (including phenoxy) is 1. The van der Waals surface area contributed by atoms with E-state index in [4.69, 9.17) is 4.74 Å². The van der Waals surface area contributed by atoms with E-state index >= 15 is 0 Å². The lowest BCUT2D eigenvalue weighted by atomic mass is 9.82. The monoisotopic (exact) mass is 239 g/mol. The van der Waals surface area contributed by atoms with E-state index in [2.05, 4.69) is 26.1 Å². The highest BCUT2D eigenvalue weighted by Gasteiger charge is 2.29. The minimum absolute atomic E-state index is 0.430. The lowest BCUT2D eigenvalue weighted by molar-refractivity contribution is -0.0453. The van der Waals surface area contributed by atoms with E-state index < -0.39 is 0 Å². The lowest BCUT2D eigenvalue weighted by Crippen LogP contribution is -2.49. The Bertz CT molecular complexity index is 221. The predicted octanol–water partition coefficient (Wildman–Crippen LogP) is 3.50. The first-order chi connectivity index (χ1) is 8.19. The van der Waals surface area contributed by atoms with Crippen LogP contribution in [0.4, 0.5) is 0 Å². The molecule has 0 bridgehead atoms. The van der Waals surface area contributed by atoms with Crippen LogP contribution in [0.25, 0.3) is 0 Å². The summed E-state index contributed by atoms with van der Waals surface area (Å²) in [6.07, 6.45) is 10.3. The van der Waals surface area contributed by atoms with E-state index in [9.17, 15) is 0 Å². The molecule has 1 aliphatic carbocycles. The van der Waals surface area contributed by atoms with Crippen molar-refractivity contribution in [1.82, 2.24) is 5.32 Å². The van der Waals surface area contributed by atoms with Gasteiger partial charge >= 0.3 is 0 Å². The van der Waals surface area contributed by atoms with Gasteiger partial charge in [0.25, 0.3) is 0 Å². The summed E-state index contributed by atoms with van der Waals surface area (Å²) < 4.78 is 5.82. The molecule has 1 N–H and O–H groups in total. The van der Waals surface area contributed by atoms with Crippen molar-refractivity contribution in [2.75, 3.05) is 0 Å². The van der Waals surface area contributed by atoms with Crippen LogP contribution >= 0.6 is 0 Å². The number of nitrogens with one attached hydrogen (secondary N) is 1. The normalized spacial score (nSPS) is 43.6. The Morgan fingerprint density at radius 2 is 1.71 bits per heavy atom. The second kappa shape index (κ2) is 6.19. The van der Waals surface area contributed by atoms with Gasteiger partial charge < -0.3 is 10.1 Å². The SMILES string of the molecule is CCC1CCCCC1NC1CC(C)OC(C)C1. The molecule has 0 aromatic carbocycles. The van der Waals surface area contributed by atoms with Gasteiger partial charge in [0.15, 0.2) is 0 Å². The maximum Gasteiger partial charge on any atom is 0.0565 e. The molecule has 0 amide bonds. The van der Waals surface area contributed by atoms with Crippen molar-refractivity contribution in [3.05, 3.63) is 0 Å². The summed E-state index contributed by atoms with van der Waals surface area (Å²) in [4.78, 5) is 0. The Morgan fingerprint density at radius 1 is 1.06 bits per heavy atom. The van der Waals surface area contributed by atoms with Gasteiger partial charge in [0.2, 0.25) is 0 Å². The Morgan fingerprint density at radius 3 is 2.35 bits per heavy atom. The van der Waals surface area contributed by atoms with Crippen LogP contribution in [-0.2, 0) is 4.74 Å². The highest BCUT2D eigenvalue weighted by molar-refractivity contribution is 4.86. The molecule has 1 aliphatic heterocycles. The third kappa shape index (κ3) is 3.69. The fraction of sp³-hybridized carbons (Fsp3) is 1.00. The van der Waals surface area contributed by atoms with Crippen LogP contribution < -0.4 is 5.32 Å². The van der Waals surface area contributed by atoms with Crippen molar-refractivity contribution >= 4 is 0 Å². The molecule has 0 radical (unpaired) electrons. The molecule has 0 aromatic heterocycles. The van der Waals surface area contributed by atoms with Crippen molar-refractivity contribution in [1.29, 1.82) is 0 Å². The highest BCUT2D eigenvalue weighted by Crippen LogP contribution is 2.29. The molecule has 2 nitrogen and oxygen atoms in total. The van der Waals surface area contributed by atoms with E-state index in [1.807, 2.05) is 0 Å². The molecular weight excluding hydrogens is 210 g/mol. The number of hydrogen-bond donors (Lipinski definition) is 1. The summed E-state index contributed by atoms with van der Waals surface area (Å²) in [7, 11) is 0. The predicted molar refractivity (Wildman–Crippen MR) is 72.2 cm³/mol. The van der Waals surface area contributed by atoms with Gasteiger partial charge in [-0.05, 0) is 45.4 Å². The van der Waals surface area contributed by atoms with Crippen molar-refractivity contribution < 1.29 is 4.74 Å². The third-order valence-corrected chi connectivity index (χ3v) is 4.58. The first-order valence-electron chi connectivity index (χ1n) is 7.60. The number of hydrogen-bond acceptors (Lipinski definition) is 2. The molecule has 2 fully saturated rings. The first kappa shape index (κ1) is 13.4. The molecule has 2 rings (SSSR count). The molecule has 1 saturated heterocycles. The molecule has 0 spiro atoms. The molecule has 2 heteroatoms. The van der Waals surface area contributed by atoms with Crippen LogP contribution in [0.3, 0.4) is 0 Å². The summed E-state index contributed by atoms with van der Waals surface area (Å²) in [5.41, 5.74) is 0. The molecule has 4 unspecified atom stereocenters. The Kier molecular flexibility index (Phi) is 4.87. The Hall–Kier alpha value is -0.0800. The van der Waals surface area contributed by atoms with Gasteiger partial charge in [-0.3, -0.25) is 0 Å². The van der Waals surface area contributed by atoms with Crippen LogP contribution in [0, 0.1) is 5.92 Å². The summed E-state index contributed by atoms with van der Waals surface area (Å²) in [5, 5.41) is 3.94. The molecule has 17 heavy (non-hydrogen) atoms. The molecular formula is C15H29NO. The van der Waals surface area contributed by atoms with E-state index in [0.717, 1.165) is 12.0 Å². The zero-order chi connectivity index (χ0) is 12.3. The van der Waals surface area contributed by atoms with Gasteiger partial charge in [-0.1, -0.05) is 26.2 Å². The van der Waals surface area contributed by atoms with Crippen LogP contribution in [0.2, 0.25) is 0 Å². The van der Waals surface area contributed by atoms with Crippen LogP contribution in [0.15, 0.2) is 0 Å². The standard InChI is InChI=1S/C15H29NO/c1-4-13-7-5-6-8-15(13)16-14-9-11(2)17-12(3)10-14/h11-16H,4-10H2,1-3H3. The van der Waals surface area contributed by atoms with Crippen LogP contribution in [-0.4, -0.2) is 24.3 Å². The third-order valence-electron chi connectivity index (χ3n) is 4.58. The van der Waals surface area contributed by atoms with Crippen molar-refractivity contribution in [3.8, 4) is 0 Å². The van der Waals surface area contributed by atoms with Crippen LogP contribution in [0.1, 0.15) is 65.7 Å². The van der Waals surface area contributed by atoms with Crippen molar-refractivity contribution in [2.45, 2.75) is 90.0 Å². The largest absolute Gasteiger partial charge is 0.375 e. The van der Waals surface area contributed by atoms with Gasteiger partial charge in [-0.15, -0.1) is 0 Å². The fourth-order valence-corrected chi connectivity index (χ4v) is 3.76. The second-order valence-electron chi connectivity index (χ2n) is 6.15. The van der Waals surface area contributed by atoms with Gasteiger partial charge in [-0.25, -0.2) is 0 Å². The van der Waals surface area contributed by atoms with E-state index in [1.54, 1.807) is 0 Å². The molecule has 4 atom stereocenters. The quantitative estimate of drug-likeness (QED) is 0.814. The van der Waals surface area contributed by atoms with Crippen molar-refractivity contribution in [2.24, 2.45) is 5.92 Å². The van der Waals surface area contributed by atoms with Gasteiger partial charge in [0, 0.05) is 12.1 Å². The fourth-order valence-electron chi connectivity index (χ4n) is 3.76. The molecule has 0 aromatic rings. The van der Waals surface area contributed by atoms with E-state index in [0.29, 0.717) is 18.2 Å². The zero-order valence-corrected chi connectivity index (χ0v) is 11.7. The average molecular weight is 239 g/mol. The lowest BCUT2D eigenvalue weighted by Gasteiger charge is -2.39. The zero-order valence-electron chi connectivity index (χ0n) is 11.7. The van der Waals surface area contributed by atoms with Gasteiger partial charge in [0.05, 0.1) is 12.2 Å². The van der Waals surface area contributed by atoms with E-state index in [1.165, 1.54) is 44.9 Å². The minimum atomic E-state index is 0.430. The molecule has 100 valence electrons. The second-order valence-corrected chi connectivity index (χ2v) is 6.15. The Labute approximate surface area is 107 Å². The van der Waals surface area contributed by atoms with Crippen molar-refractivity contribution in [3.63, 3.8) is 0 Å². The first-order valence-corrected chi connectivity index (χ1v) is 7.60. The van der Waals surface area contributed by atoms with Gasteiger partial charge in [-0.2, -0.15) is 0 Å². The molecule has 2 aliphatic rings. The topological polar surface area (TPSA) is 21.3 Å².